The maximum atomic E-state index is 12.8. The average Bonchev–Trinajstić information content (AvgIpc) is 3.21. The number of carbonyl (C=O) groups is 1. The number of para-hydroxylation sites is 1. The lowest BCUT2D eigenvalue weighted by Crippen LogP contribution is -2.27. The smallest absolute Gasteiger partial charge is 0.286 e. The van der Waals surface area contributed by atoms with Gasteiger partial charge in [0.25, 0.3) is 11.6 Å². The average molecular weight is 401 g/mol. The van der Waals surface area contributed by atoms with Crippen molar-refractivity contribution in [3.05, 3.63) is 75.3 Å². The monoisotopic (exact) mass is 401 g/mol. The molecule has 0 saturated heterocycles. The lowest BCUT2D eigenvalue weighted by molar-refractivity contribution is -0.387. The van der Waals surface area contributed by atoms with Crippen molar-refractivity contribution in [2.24, 2.45) is 0 Å². The van der Waals surface area contributed by atoms with Crippen molar-refractivity contribution in [3.63, 3.8) is 0 Å². The van der Waals surface area contributed by atoms with Crippen LogP contribution >= 0.6 is 11.3 Å². The first-order valence-electron chi connectivity index (χ1n) is 7.83. The molecule has 2 aromatic carbocycles. The lowest BCUT2D eigenvalue weighted by atomic mass is 10.1. The van der Waals surface area contributed by atoms with E-state index in [1.165, 1.54) is 23.2 Å². The molecule has 27 heavy (non-hydrogen) atoms. The number of thiazole rings is 1. The molecule has 0 fully saturated rings. The van der Waals surface area contributed by atoms with Gasteiger partial charge in [0.05, 0.1) is 4.92 Å². The Morgan fingerprint density at radius 2 is 2.00 bits per heavy atom. The molecule has 138 valence electrons. The van der Waals surface area contributed by atoms with Gasteiger partial charge in [0.2, 0.25) is 0 Å². The van der Waals surface area contributed by atoms with Crippen molar-refractivity contribution in [2.45, 2.75) is 16.2 Å². The summed E-state index contributed by atoms with van der Waals surface area (Å²) in [5.41, 5.74) is 1.39. The molecule has 9 heteroatoms. The number of benzene rings is 2. The van der Waals surface area contributed by atoms with Crippen molar-refractivity contribution in [2.75, 3.05) is 11.9 Å². The van der Waals surface area contributed by atoms with Crippen LogP contribution in [0, 0.1) is 17.0 Å². The van der Waals surface area contributed by atoms with E-state index in [9.17, 15) is 19.1 Å². The number of nitro benzene ring substituents is 1. The van der Waals surface area contributed by atoms with Crippen LogP contribution in [0.3, 0.4) is 0 Å². The Labute approximate surface area is 161 Å². The van der Waals surface area contributed by atoms with E-state index in [-0.39, 0.29) is 26.4 Å². The van der Waals surface area contributed by atoms with Crippen LogP contribution in [0.4, 0.5) is 11.4 Å². The zero-order valence-corrected chi connectivity index (χ0v) is 16.1. The van der Waals surface area contributed by atoms with E-state index >= 15 is 0 Å². The first kappa shape index (κ1) is 18.9. The molecule has 0 aliphatic rings. The summed E-state index contributed by atoms with van der Waals surface area (Å²) in [5.74, 6) is -0.390. The first-order valence-corrected chi connectivity index (χ1v) is 9.86. The van der Waals surface area contributed by atoms with Crippen molar-refractivity contribution in [3.8, 4) is 0 Å². The third-order valence-electron chi connectivity index (χ3n) is 3.95. The number of anilines is 1. The summed E-state index contributed by atoms with van der Waals surface area (Å²) in [5, 5.41) is 13.1. The number of hydrogen-bond acceptors (Lipinski definition) is 6. The number of aromatic nitrogens is 1. The van der Waals surface area contributed by atoms with E-state index in [1.807, 2.05) is 25.1 Å². The van der Waals surface area contributed by atoms with E-state index in [0.29, 0.717) is 5.69 Å². The highest BCUT2D eigenvalue weighted by atomic mass is 32.2. The molecule has 0 spiro atoms. The van der Waals surface area contributed by atoms with Gasteiger partial charge >= 0.3 is 0 Å². The van der Waals surface area contributed by atoms with Crippen LogP contribution in [0.2, 0.25) is 0 Å². The summed E-state index contributed by atoms with van der Waals surface area (Å²) in [7, 11) is -0.170. The quantitative estimate of drug-likeness (QED) is 0.479. The van der Waals surface area contributed by atoms with Gasteiger partial charge in [0, 0.05) is 35.9 Å². The second-order valence-corrected chi connectivity index (χ2v) is 8.17. The molecule has 0 saturated carbocycles. The maximum Gasteiger partial charge on any atom is 0.286 e. The molecule has 0 bridgehead atoms. The van der Waals surface area contributed by atoms with Gasteiger partial charge in [-0.3, -0.25) is 14.9 Å². The molecule has 7 nitrogen and oxygen atoms in total. The molecule has 0 radical (unpaired) electrons. The van der Waals surface area contributed by atoms with Gasteiger partial charge in [-0.2, -0.15) is 0 Å². The minimum atomic E-state index is -1.78. The second-order valence-electron chi connectivity index (χ2n) is 5.66. The van der Waals surface area contributed by atoms with Gasteiger partial charge in [-0.1, -0.05) is 18.2 Å². The van der Waals surface area contributed by atoms with Gasteiger partial charge in [-0.15, -0.1) is 11.3 Å². The number of aryl methyl sites for hydroxylation is 1. The molecule has 1 heterocycles. The van der Waals surface area contributed by atoms with Crippen LogP contribution in [0.25, 0.3) is 0 Å². The number of nitro groups is 1. The van der Waals surface area contributed by atoms with Gasteiger partial charge in [-0.25, -0.2) is 9.19 Å². The number of amides is 1. The normalized spacial score (nSPS) is 11.8. The molecule has 0 N–H and O–H groups in total. The fourth-order valence-corrected chi connectivity index (χ4v) is 4.59. The molecule has 3 rings (SSSR count). The molecule has 1 aromatic heterocycles. The molecule has 0 unspecified atom stereocenters. The molecular weight excluding hydrogens is 386 g/mol. The van der Waals surface area contributed by atoms with Crippen LogP contribution in [0.15, 0.2) is 63.3 Å². The Balaban J connectivity index is 1.99. The Bertz CT molecular complexity index is 1030. The maximum absolute atomic E-state index is 12.8. The molecule has 0 aliphatic carbocycles. The minimum Gasteiger partial charge on any atom is -0.311 e. The number of rotatable bonds is 5. The highest BCUT2D eigenvalue weighted by molar-refractivity contribution is 7.87. The predicted molar refractivity (Wildman–Crippen MR) is 104 cm³/mol. The fraction of sp³-hybridized carbons (Fsp3) is 0.111. The number of carbonyl (C=O) groups excluding carboxylic acids is 1. The zero-order valence-electron chi connectivity index (χ0n) is 14.5. The molecule has 0 aliphatic heterocycles. The molecule has 3 aromatic rings. The molecule has 1 amide bonds. The van der Waals surface area contributed by atoms with Crippen LogP contribution < -0.4 is 4.90 Å². The van der Waals surface area contributed by atoms with Gasteiger partial charge in [0.15, 0.2) is 4.34 Å². The number of nitrogens with zero attached hydrogens (tertiary/aromatic N) is 3. The SMILES string of the molecule is Cc1ccccc1N(C)C(=O)c1ccc([S@](=O)c2nccs2)c([N+](=O)[O-])c1. The van der Waals surface area contributed by atoms with E-state index < -0.39 is 15.7 Å². The standard InChI is InChI=1S/C18H15N3O4S2/c1-12-5-3-4-6-14(12)20(2)17(22)13-7-8-16(15(11-13)21(23)24)27(25)18-19-9-10-26-18/h3-11H,1-2H3/t27-/m0/s1. The fourth-order valence-electron chi connectivity index (χ4n) is 2.59. The largest absolute Gasteiger partial charge is 0.311 e. The van der Waals surface area contributed by atoms with Gasteiger partial charge in [-0.05, 0) is 30.7 Å². The van der Waals surface area contributed by atoms with Gasteiger partial charge in [0.1, 0.15) is 15.7 Å². The van der Waals surface area contributed by atoms with Crippen LogP contribution in [-0.4, -0.2) is 27.1 Å². The Kier molecular flexibility index (Phi) is 5.43. The van der Waals surface area contributed by atoms with E-state index in [4.69, 9.17) is 0 Å². The van der Waals surface area contributed by atoms with Crippen molar-refractivity contribution in [1.29, 1.82) is 0 Å². The Morgan fingerprint density at radius 1 is 1.26 bits per heavy atom. The second kappa shape index (κ2) is 7.77. The van der Waals surface area contributed by atoms with Crippen molar-refractivity contribution in [1.82, 2.24) is 4.98 Å². The highest BCUT2D eigenvalue weighted by Gasteiger charge is 2.25. The topological polar surface area (TPSA) is 93.4 Å². The first-order chi connectivity index (χ1) is 12.9. The molecular formula is C18H15N3O4S2. The highest BCUT2D eigenvalue weighted by Crippen LogP contribution is 2.29. The summed E-state index contributed by atoms with van der Waals surface area (Å²) >= 11 is 1.15. The third kappa shape index (κ3) is 3.79. The summed E-state index contributed by atoms with van der Waals surface area (Å²) in [4.78, 5) is 29.1. The molecule has 1 atom stereocenters. The lowest BCUT2D eigenvalue weighted by Gasteiger charge is -2.19. The van der Waals surface area contributed by atoms with Crippen LogP contribution in [0.1, 0.15) is 15.9 Å². The zero-order chi connectivity index (χ0) is 19.6. The van der Waals surface area contributed by atoms with Crippen molar-refractivity contribution < 1.29 is 13.9 Å². The van der Waals surface area contributed by atoms with E-state index in [2.05, 4.69) is 4.98 Å². The van der Waals surface area contributed by atoms with Crippen LogP contribution in [0.5, 0.6) is 0 Å². The van der Waals surface area contributed by atoms with Gasteiger partial charge < -0.3 is 4.90 Å². The Hall–Kier alpha value is -2.91. The number of hydrogen-bond donors (Lipinski definition) is 0. The summed E-state index contributed by atoms with van der Waals surface area (Å²) in [6.45, 7) is 1.88. The minimum absolute atomic E-state index is 0.0186. The van der Waals surface area contributed by atoms with E-state index in [1.54, 1.807) is 18.5 Å². The predicted octanol–water partition coefficient (Wildman–Crippen LogP) is 3.80. The Morgan fingerprint density at radius 3 is 2.63 bits per heavy atom. The van der Waals surface area contributed by atoms with E-state index in [0.717, 1.165) is 23.0 Å². The summed E-state index contributed by atoms with van der Waals surface area (Å²) in [6, 6.07) is 11.3. The summed E-state index contributed by atoms with van der Waals surface area (Å²) < 4.78 is 12.8. The van der Waals surface area contributed by atoms with Crippen molar-refractivity contribution >= 4 is 39.4 Å². The van der Waals surface area contributed by atoms with Crippen LogP contribution in [-0.2, 0) is 10.8 Å². The summed E-state index contributed by atoms with van der Waals surface area (Å²) in [6.07, 6.45) is 1.48. The third-order valence-corrected chi connectivity index (χ3v) is 6.43.